The summed E-state index contributed by atoms with van der Waals surface area (Å²) >= 11 is 5.96. The molecule has 3 nitrogen and oxygen atoms in total. The first kappa shape index (κ1) is 11.3. The summed E-state index contributed by atoms with van der Waals surface area (Å²) in [6.45, 7) is 5.96. The lowest BCUT2D eigenvalue weighted by Crippen LogP contribution is -2.03. The number of hydrogen-bond donors (Lipinski definition) is 1. The van der Waals surface area contributed by atoms with Gasteiger partial charge in [-0.25, -0.2) is 4.98 Å². The van der Waals surface area contributed by atoms with Crippen LogP contribution in [0, 0.1) is 0 Å². The average Bonchev–Trinajstić information content (AvgIpc) is 2.19. The van der Waals surface area contributed by atoms with Gasteiger partial charge in [0.05, 0.1) is 17.3 Å². The Morgan fingerprint density at radius 2 is 2.21 bits per heavy atom. The van der Waals surface area contributed by atoms with Crippen molar-refractivity contribution < 1.29 is 4.74 Å². The Balaban J connectivity index is 2.74. The van der Waals surface area contributed by atoms with Crippen LogP contribution in [-0.4, -0.2) is 18.1 Å². The van der Waals surface area contributed by atoms with Crippen LogP contribution < -0.4 is 5.32 Å². The molecule has 0 unspecified atom stereocenters. The van der Waals surface area contributed by atoms with Crippen LogP contribution in [0.1, 0.15) is 19.5 Å². The summed E-state index contributed by atoms with van der Waals surface area (Å²) in [4.78, 5) is 4.33. The zero-order valence-corrected chi connectivity index (χ0v) is 9.27. The lowest BCUT2D eigenvalue weighted by molar-refractivity contribution is 0.131. The van der Waals surface area contributed by atoms with Gasteiger partial charge in [0.15, 0.2) is 0 Å². The summed E-state index contributed by atoms with van der Waals surface area (Å²) in [7, 11) is 0. The van der Waals surface area contributed by atoms with Crippen LogP contribution in [-0.2, 0) is 11.3 Å². The first-order valence-electron chi connectivity index (χ1n) is 4.75. The van der Waals surface area contributed by atoms with Crippen molar-refractivity contribution in [1.82, 2.24) is 4.98 Å². The molecular weight excluding hydrogens is 200 g/mol. The molecule has 0 fully saturated rings. The average molecular weight is 215 g/mol. The highest BCUT2D eigenvalue weighted by Gasteiger charge is 2.03. The highest BCUT2D eigenvalue weighted by atomic mass is 35.5. The minimum atomic E-state index is 0.467. The highest BCUT2D eigenvalue weighted by molar-refractivity contribution is 6.31. The van der Waals surface area contributed by atoms with Crippen LogP contribution in [0.4, 0.5) is 5.82 Å². The fourth-order valence-corrected chi connectivity index (χ4v) is 1.22. The molecule has 0 saturated heterocycles. The molecule has 1 N–H and O–H groups in total. The topological polar surface area (TPSA) is 34.1 Å². The second kappa shape index (κ2) is 5.83. The first-order valence-corrected chi connectivity index (χ1v) is 5.12. The molecule has 0 saturated carbocycles. The van der Waals surface area contributed by atoms with Gasteiger partial charge in [0.25, 0.3) is 0 Å². The Kier molecular flexibility index (Phi) is 4.70. The molecule has 0 radical (unpaired) electrons. The van der Waals surface area contributed by atoms with E-state index in [1.165, 1.54) is 0 Å². The molecule has 0 aliphatic rings. The molecular formula is C10H15ClN2O. The van der Waals surface area contributed by atoms with Crippen LogP contribution in [0.2, 0.25) is 5.02 Å². The predicted octanol–water partition coefficient (Wildman–Crippen LogP) is 2.70. The van der Waals surface area contributed by atoms with Gasteiger partial charge < -0.3 is 10.1 Å². The number of ether oxygens (including phenoxy) is 1. The summed E-state index contributed by atoms with van der Waals surface area (Å²) in [5.41, 5.74) is 0.784. The van der Waals surface area contributed by atoms with E-state index in [0.29, 0.717) is 18.2 Å². The third-order valence-corrected chi connectivity index (χ3v) is 2.06. The monoisotopic (exact) mass is 214 g/mol. The predicted molar refractivity (Wildman–Crippen MR) is 58.7 cm³/mol. The third kappa shape index (κ3) is 3.16. The maximum absolute atomic E-state index is 5.96. The van der Waals surface area contributed by atoms with E-state index in [-0.39, 0.29) is 0 Å². The summed E-state index contributed by atoms with van der Waals surface area (Å²) < 4.78 is 5.26. The number of halogens is 1. The minimum absolute atomic E-state index is 0.467. The van der Waals surface area contributed by atoms with Crippen molar-refractivity contribution in [1.29, 1.82) is 0 Å². The van der Waals surface area contributed by atoms with E-state index >= 15 is 0 Å². The van der Waals surface area contributed by atoms with Gasteiger partial charge in [-0.15, -0.1) is 0 Å². The SMILES string of the molecule is CCNc1ccc(Cl)c(COCC)n1. The Bertz CT molecular complexity index is 291. The Hall–Kier alpha value is -0.800. The van der Waals surface area contributed by atoms with E-state index in [0.717, 1.165) is 18.1 Å². The highest BCUT2D eigenvalue weighted by Crippen LogP contribution is 2.17. The molecule has 1 aromatic heterocycles. The van der Waals surface area contributed by atoms with E-state index in [2.05, 4.69) is 10.3 Å². The number of rotatable bonds is 5. The van der Waals surface area contributed by atoms with Gasteiger partial charge in [0.1, 0.15) is 5.82 Å². The molecule has 0 aliphatic carbocycles. The zero-order chi connectivity index (χ0) is 10.4. The number of pyridine rings is 1. The molecule has 0 aromatic carbocycles. The van der Waals surface area contributed by atoms with Crippen molar-refractivity contribution in [3.63, 3.8) is 0 Å². The number of hydrogen-bond acceptors (Lipinski definition) is 3. The van der Waals surface area contributed by atoms with E-state index < -0.39 is 0 Å². The van der Waals surface area contributed by atoms with E-state index in [4.69, 9.17) is 16.3 Å². The van der Waals surface area contributed by atoms with Gasteiger partial charge >= 0.3 is 0 Å². The molecule has 1 heterocycles. The van der Waals surface area contributed by atoms with E-state index in [9.17, 15) is 0 Å². The molecule has 1 aromatic rings. The Morgan fingerprint density at radius 1 is 1.43 bits per heavy atom. The zero-order valence-electron chi connectivity index (χ0n) is 8.51. The van der Waals surface area contributed by atoms with Crippen LogP contribution in [0.5, 0.6) is 0 Å². The molecule has 0 amide bonds. The second-order valence-corrected chi connectivity index (χ2v) is 3.20. The summed E-state index contributed by atoms with van der Waals surface area (Å²) in [6.07, 6.45) is 0. The first-order chi connectivity index (χ1) is 6.77. The van der Waals surface area contributed by atoms with Gasteiger partial charge in [-0.2, -0.15) is 0 Å². The second-order valence-electron chi connectivity index (χ2n) is 2.79. The number of nitrogens with one attached hydrogen (secondary N) is 1. The maximum Gasteiger partial charge on any atom is 0.126 e. The number of aromatic nitrogens is 1. The molecule has 14 heavy (non-hydrogen) atoms. The summed E-state index contributed by atoms with van der Waals surface area (Å²) in [5, 5.41) is 3.78. The van der Waals surface area contributed by atoms with Gasteiger partial charge in [-0.1, -0.05) is 11.6 Å². The molecule has 0 aliphatic heterocycles. The maximum atomic E-state index is 5.96. The van der Waals surface area contributed by atoms with Crippen LogP contribution in [0.15, 0.2) is 12.1 Å². The van der Waals surface area contributed by atoms with Crippen molar-refractivity contribution in [2.24, 2.45) is 0 Å². The minimum Gasteiger partial charge on any atom is -0.375 e. The molecule has 78 valence electrons. The van der Waals surface area contributed by atoms with Crippen molar-refractivity contribution >= 4 is 17.4 Å². The van der Waals surface area contributed by atoms with Gasteiger partial charge in [0, 0.05) is 13.2 Å². The number of anilines is 1. The van der Waals surface area contributed by atoms with Crippen molar-refractivity contribution in [2.45, 2.75) is 20.5 Å². The van der Waals surface area contributed by atoms with E-state index in [1.807, 2.05) is 26.0 Å². The number of nitrogens with zero attached hydrogens (tertiary/aromatic N) is 1. The normalized spacial score (nSPS) is 10.2. The fourth-order valence-electron chi connectivity index (χ4n) is 1.06. The molecule has 0 bridgehead atoms. The smallest absolute Gasteiger partial charge is 0.126 e. The van der Waals surface area contributed by atoms with Crippen molar-refractivity contribution in [3.05, 3.63) is 22.8 Å². The summed E-state index contributed by atoms with van der Waals surface area (Å²) in [6, 6.07) is 3.70. The van der Waals surface area contributed by atoms with Crippen LogP contribution in [0.25, 0.3) is 0 Å². The third-order valence-electron chi connectivity index (χ3n) is 1.72. The Morgan fingerprint density at radius 3 is 2.86 bits per heavy atom. The lowest BCUT2D eigenvalue weighted by Gasteiger charge is -2.07. The van der Waals surface area contributed by atoms with Crippen LogP contribution >= 0.6 is 11.6 Å². The van der Waals surface area contributed by atoms with Crippen molar-refractivity contribution in [3.8, 4) is 0 Å². The quantitative estimate of drug-likeness (QED) is 0.819. The Labute approximate surface area is 89.4 Å². The molecule has 0 spiro atoms. The van der Waals surface area contributed by atoms with Crippen LogP contribution in [0.3, 0.4) is 0 Å². The van der Waals surface area contributed by atoms with Gasteiger partial charge in [-0.3, -0.25) is 0 Å². The van der Waals surface area contributed by atoms with E-state index in [1.54, 1.807) is 0 Å². The molecule has 0 atom stereocenters. The van der Waals surface area contributed by atoms with Crippen molar-refractivity contribution in [2.75, 3.05) is 18.5 Å². The fraction of sp³-hybridized carbons (Fsp3) is 0.500. The molecule has 4 heteroatoms. The summed E-state index contributed by atoms with van der Waals surface area (Å²) in [5.74, 6) is 0.839. The largest absolute Gasteiger partial charge is 0.375 e. The van der Waals surface area contributed by atoms with Gasteiger partial charge in [-0.05, 0) is 26.0 Å². The van der Waals surface area contributed by atoms with Gasteiger partial charge in [0.2, 0.25) is 0 Å². The molecule has 1 rings (SSSR count). The lowest BCUT2D eigenvalue weighted by atomic mass is 10.3. The standard InChI is InChI=1S/C10H15ClN2O/c1-3-12-10-6-5-8(11)9(13-10)7-14-4-2/h5-6H,3-4,7H2,1-2H3,(H,12,13).